The minimum absolute atomic E-state index is 0.0298. The van der Waals surface area contributed by atoms with Crippen LogP contribution in [-0.4, -0.2) is 41.2 Å². The van der Waals surface area contributed by atoms with E-state index in [1.54, 1.807) is 24.1 Å². The van der Waals surface area contributed by atoms with Gasteiger partial charge in [-0.25, -0.2) is 4.79 Å². The second kappa shape index (κ2) is 8.02. The highest BCUT2D eigenvalue weighted by molar-refractivity contribution is 6.35. The Bertz CT molecular complexity index is 582. The molecular weight excluding hydrogens is 335 g/mol. The highest BCUT2D eigenvalue weighted by Gasteiger charge is 2.28. The van der Waals surface area contributed by atoms with Crippen LogP contribution in [0.15, 0.2) is 18.2 Å². The van der Waals surface area contributed by atoms with Crippen LogP contribution < -0.4 is 0 Å². The molecule has 23 heavy (non-hydrogen) atoms. The minimum atomic E-state index is -0.0298. The Morgan fingerprint density at radius 3 is 2.48 bits per heavy atom. The largest absolute Gasteiger partial charge is 0.323 e. The first-order valence-electron chi connectivity index (χ1n) is 7.89. The van der Waals surface area contributed by atoms with Crippen molar-refractivity contribution in [1.29, 1.82) is 0 Å². The van der Waals surface area contributed by atoms with Crippen molar-refractivity contribution in [2.24, 2.45) is 0 Å². The van der Waals surface area contributed by atoms with Crippen LogP contribution in [0.25, 0.3) is 0 Å². The van der Waals surface area contributed by atoms with E-state index in [0.717, 1.165) is 18.4 Å². The molecule has 1 aliphatic carbocycles. The maximum atomic E-state index is 12.7. The molecule has 1 fully saturated rings. The van der Waals surface area contributed by atoms with Crippen LogP contribution in [-0.2, 0) is 11.3 Å². The Labute approximate surface area is 147 Å². The Morgan fingerprint density at radius 2 is 1.91 bits per heavy atom. The van der Waals surface area contributed by atoms with Gasteiger partial charge in [0.1, 0.15) is 5.78 Å². The molecule has 1 saturated carbocycles. The van der Waals surface area contributed by atoms with E-state index in [0.29, 0.717) is 41.8 Å². The van der Waals surface area contributed by atoms with Gasteiger partial charge >= 0.3 is 6.03 Å². The van der Waals surface area contributed by atoms with Gasteiger partial charge in [-0.2, -0.15) is 0 Å². The van der Waals surface area contributed by atoms with Crippen LogP contribution >= 0.6 is 23.2 Å². The number of amides is 2. The molecule has 0 atom stereocenters. The van der Waals surface area contributed by atoms with E-state index in [9.17, 15) is 9.59 Å². The van der Waals surface area contributed by atoms with Gasteiger partial charge in [-0.1, -0.05) is 29.3 Å². The normalized spacial score (nSPS) is 15.6. The lowest BCUT2D eigenvalue weighted by molar-refractivity contribution is -0.121. The topological polar surface area (TPSA) is 40.6 Å². The Hall–Kier alpha value is -1.26. The Balaban J connectivity index is 2.03. The number of hydrogen-bond acceptors (Lipinski definition) is 2. The highest BCUT2D eigenvalue weighted by atomic mass is 35.5. The third kappa shape index (κ3) is 4.61. The van der Waals surface area contributed by atoms with Crippen molar-refractivity contribution in [3.8, 4) is 0 Å². The number of carbonyl (C=O) groups is 2. The molecule has 0 saturated heterocycles. The molecule has 1 aromatic rings. The molecule has 1 aliphatic rings. The highest BCUT2D eigenvalue weighted by Crippen LogP contribution is 2.24. The fraction of sp³-hybridized carbons (Fsp3) is 0.529. The molecule has 0 aliphatic heterocycles. The first-order valence-corrected chi connectivity index (χ1v) is 8.65. The van der Waals surface area contributed by atoms with E-state index in [2.05, 4.69) is 0 Å². The lowest BCUT2D eigenvalue weighted by Gasteiger charge is -2.36. The summed E-state index contributed by atoms with van der Waals surface area (Å²) in [6.07, 6.45) is 2.66. The van der Waals surface area contributed by atoms with Gasteiger partial charge in [0.25, 0.3) is 0 Å². The zero-order valence-corrected chi connectivity index (χ0v) is 15.0. The third-order valence-corrected chi connectivity index (χ3v) is 4.88. The van der Waals surface area contributed by atoms with Gasteiger partial charge in [0.15, 0.2) is 0 Å². The number of halogens is 2. The van der Waals surface area contributed by atoms with E-state index in [4.69, 9.17) is 23.2 Å². The summed E-state index contributed by atoms with van der Waals surface area (Å²) < 4.78 is 0. The maximum Gasteiger partial charge on any atom is 0.320 e. The minimum Gasteiger partial charge on any atom is -0.323 e. The van der Waals surface area contributed by atoms with Crippen molar-refractivity contribution in [2.45, 2.75) is 45.2 Å². The molecule has 126 valence electrons. The lowest BCUT2D eigenvalue weighted by atomic mass is 9.93. The van der Waals surface area contributed by atoms with Crippen molar-refractivity contribution >= 4 is 35.0 Å². The van der Waals surface area contributed by atoms with Crippen molar-refractivity contribution in [3.05, 3.63) is 33.8 Å². The number of benzene rings is 1. The predicted octanol–water partition coefficient (Wildman–Crippen LogP) is 4.38. The summed E-state index contributed by atoms with van der Waals surface area (Å²) in [6, 6.07) is 5.41. The summed E-state index contributed by atoms with van der Waals surface area (Å²) in [5, 5.41) is 1.14. The van der Waals surface area contributed by atoms with Gasteiger partial charge in [0, 0.05) is 49.1 Å². The third-order valence-electron chi connectivity index (χ3n) is 4.29. The average molecular weight is 357 g/mol. The molecule has 4 nitrogen and oxygen atoms in total. The number of nitrogens with zero attached hydrogens (tertiary/aromatic N) is 2. The lowest BCUT2D eigenvalue weighted by Crippen LogP contribution is -2.47. The molecule has 0 spiro atoms. The molecule has 0 heterocycles. The summed E-state index contributed by atoms with van der Waals surface area (Å²) >= 11 is 12.1. The standard InChI is InChI=1S/C17H22Cl2N2O2/c1-3-21(14-6-8-15(22)9-7-14)17(23)20(2)11-12-4-5-13(18)10-16(12)19/h4-5,10,14H,3,6-9,11H2,1-2H3. The summed E-state index contributed by atoms with van der Waals surface area (Å²) in [6.45, 7) is 3.03. The van der Waals surface area contributed by atoms with Crippen molar-refractivity contribution in [3.63, 3.8) is 0 Å². The van der Waals surface area contributed by atoms with Crippen molar-refractivity contribution in [2.75, 3.05) is 13.6 Å². The van der Waals surface area contributed by atoms with Gasteiger partial charge in [0.2, 0.25) is 0 Å². The second-order valence-electron chi connectivity index (χ2n) is 5.93. The monoisotopic (exact) mass is 356 g/mol. The fourth-order valence-electron chi connectivity index (χ4n) is 2.98. The van der Waals surface area contributed by atoms with Crippen LogP contribution in [0.1, 0.15) is 38.2 Å². The van der Waals surface area contributed by atoms with Gasteiger partial charge in [-0.3, -0.25) is 4.79 Å². The molecular formula is C17H22Cl2N2O2. The number of carbonyl (C=O) groups excluding carboxylic acids is 2. The number of hydrogen-bond donors (Lipinski definition) is 0. The molecule has 0 unspecified atom stereocenters. The van der Waals surface area contributed by atoms with E-state index >= 15 is 0 Å². The second-order valence-corrected chi connectivity index (χ2v) is 6.77. The molecule has 0 aromatic heterocycles. The molecule has 0 N–H and O–H groups in total. The maximum absolute atomic E-state index is 12.7. The first kappa shape index (κ1) is 18.1. The van der Waals surface area contributed by atoms with Crippen LogP contribution in [0.2, 0.25) is 10.0 Å². The van der Waals surface area contributed by atoms with Crippen LogP contribution in [0.3, 0.4) is 0 Å². The zero-order valence-electron chi connectivity index (χ0n) is 13.5. The zero-order chi connectivity index (χ0) is 17.0. The van der Waals surface area contributed by atoms with E-state index < -0.39 is 0 Å². The Morgan fingerprint density at radius 1 is 1.26 bits per heavy atom. The number of urea groups is 1. The molecule has 2 rings (SSSR count). The van der Waals surface area contributed by atoms with Crippen LogP contribution in [0.4, 0.5) is 4.79 Å². The van der Waals surface area contributed by atoms with E-state index in [1.807, 2.05) is 17.9 Å². The molecule has 2 amide bonds. The molecule has 0 bridgehead atoms. The number of Topliss-reactive ketones (excluding diaryl/α,β-unsaturated/α-hetero) is 1. The smallest absolute Gasteiger partial charge is 0.320 e. The summed E-state index contributed by atoms with van der Waals surface area (Å²) in [5.41, 5.74) is 0.863. The summed E-state index contributed by atoms with van der Waals surface area (Å²) in [4.78, 5) is 27.6. The van der Waals surface area contributed by atoms with Gasteiger partial charge < -0.3 is 9.80 Å². The molecule has 0 radical (unpaired) electrons. The average Bonchev–Trinajstić information content (AvgIpc) is 2.52. The van der Waals surface area contributed by atoms with E-state index in [1.165, 1.54) is 0 Å². The van der Waals surface area contributed by atoms with Gasteiger partial charge in [-0.05, 0) is 37.5 Å². The first-order chi connectivity index (χ1) is 10.9. The number of rotatable bonds is 4. The van der Waals surface area contributed by atoms with E-state index in [-0.39, 0.29) is 12.1 Å². The number of ketones is 1. The van der Waals surface area contributed by atoms with Crippen LogP contribution in [0.5, 0.6) is 0 Å². The predicted molar refractivity (Wildman–Crippen MR) is 93.0 cm³/mol. The van der Waals surface area contributed by atoms with Gasteiger partial charge in [0.05, 0.1) is 0 Å². The Kier molecular flexibility index (Phi) is 6.31. The van der Waals surface area contributed by atoms with Gasteiger partial charge in [-0.15, -0.1) is 0 Å². The van der Waals surface area contributed by atoms with Crippen LogP contribution in [0, 0.1) is 0 Å². The quantitative estimate of drug-likeness (QED) is 0.802. The SMILES string of the molecule is CCN(C(=O)N(C)Cc1ccc(Cl)cc1Cl)C1CCC(=O)CC1. The van der Waals surface area contributed by atoms with Crippen molar-refractivity contribution < 1.29 is 9.59 Å². The summed E-state index contributed by atoms with van der Waals surface area (Å²) in [5.74, 6) is 0.297. The summed E-state index contributed by atoms with van der Waals surface area (Å²) in [7, 11) is 1.77. The fourth-order valence-corrected chi connectivity index (χ4v) is 3.45. The molecule has 1 aromatic carbocycles. The molecule has 6 heteroatoms. The van der Waals surface area contributed by atoms with Crippen molar-refractivity contribution in [1.82, 2.24) is 9.80 Å².